The maximum atomic E-state index is 8.36. The number of nitrogens with zero attached hydrogens (tertiary/aromatic N) is 2. The van der Waals surface area contributed by atoms with E-state index in [2.05, 4.69) is 0 Å². The van der Waals surface area contributed by atoms with E-state index in [1.807, 2.05) is 6.92 Å². The van der Waals surface area contributed by atoms with Crippen LogP contribution in [0.1, 0.15) is 6.92 Å². The van der Waals surface area contributed by atoms with Gasteiger partial charge in [-0.15, -0.1) is 10.1 Å². The summed E-state index contributed by atoms with van der Waals surface area (Å²) >= 11 is 0. The van der Waals surface area contributed by atoms with Crippen molar-refractivity contribution >= 4 is 0 Å². The van der Waals surface area contributed by atoms with Crippen molar-refractivity contribution in [3.05, 3.63) is 10.1 Å². The molecule has 0 unspecified atom stereocenters. The van der Waals surface area contributed by atoms with E-state index in [9.17, 15) is 0 Å². The van der Waals surface area contributed by atoms with Crippen molar-refractivity contribution in [1.29, 1.82) is 0 Å². The van der Waals surface area contributed by atoms with Gasteiger partial charge in [-0.1, -0.05) is 6.92 Å². The second-order valence-corrected chi connectivity index (χ2v) is 1.21. The highest BCUT2D eigenvalue weighted by Gasteiger charge is 1.74. The van der Waals surface area contributed by atoms with Crippen molar-refractivity contribution in [2.24, 2.45) is 0 Å². The summed E-state index contributed by atoms with van der Waals surface area (Å²) in [6, 6.07) is 0. The molecule has 6 heteroatoms. The molecule has 2 N–H and O–H groups in total. The summed E-state index contributed by atoms with van der Waals surface area (Å²) in [6.07, 6.45) is 0. The first kappa shape index (κ1) is 11.0. The molecule has 0 spiro atoms. The first-order valence-corrected chi connectivity index (χ1v) is 2.24. The standard InChI is InChI=1S/C3H9NO.HNO3/c1-3-4(2)5;2-1(3)4/h5H,3H2,1-2H3;(H,2,3,4). The normalized spacial score (nSPS) is 8.00. The molecule has 0 aliphatic carbocycles. The Kier molecular flexibility index (Phi) is 8.69. The highest BCUT2D eigenvalue weighted by molar-refractivity contribution is 4.14. The Morgan fingerprint density at radius 1 is 1.78 bits per heavy atom. The summed E-state index contributed by atoms with van der Waals surface area (Å²) < 4.78 is 0. The average molecular weight is 138 g/mol. The highest BCUT2D eigenvalue weighted by atomic mass is 16.9. The van der Waals surface area contributed by atoms with Crippen LogP contribution in [0.2, 0.25) is 0 Å². The van der Waals surface area contributed by atoms with Crippen molar-refractivity contribution in [3.8, 4) is 0 Å². The van der Waals surface area contributed by atoms with E-state index in [1.54, 1.807) is 7.05 Å². The second-order valence-electron chi connectivity index (χ2n) is 1.21. The van der Waals surface area contributed by atoms with Crippen molar-refractivity contribution in [1.82, 2.24) is 5.06 Å². The lowest BCUT2D eigenvalue weighted by atomic mass is 10.8. The molecule has 0 aliphatic rings. The Hall–Kier alpha value is -0.880. The van der Waals surface area contributed by atoms with Crippen LogP contribution in [0.4, 0.5) is 0 Å². The molecular weight excluding hydrogens is 128 g/mol. The molecule has 0 rings (SSSR count). The molecule has 0 bridgehead atoms. The molecule has 0 amide bonds. The van der Waals surface area contributed by atoms with Gasteiger partial charge >= 0.3 is 0 Å². The van der Waals surface area contributed by atoms with Gasteiger partial charge in [0.05, 0.1) is 0 Å². The van der Waals surface area contributed by atoms with Crippen LogP contribution in [0.3, 0.4) is 0 Å². The summed E-state index contributed by atoms with van der Waals surface area (Å²) in [5.41, 5.74) is 0. The molecule has 0 aromatic rings. The van der Waals surface area contributed by atoms with E-state index in [0.29, 0.717) is 6.54 Å². The van der Waals surface area contributed by atoms with Gasteiger partial charge in [-0.25, -0.2) is 0 Å². The Morgan fingerprint density at radius 3 is 1.89 bits per heavy atom. The molecule has 56 valence electrons. The van der Waals surface area contributed by atoms with Gasteiger partial charge in [0.1, 0.15) is 0 Å². The fourth-order valence-corrected chi connectivity index (χ4v) is 0. The molecule has 6 nitrogen and oxygen atoms in total. The van der Waals surface area contributed by atoms with Gasteiger partial charge in [0.15, 0.2) is 0 Å². The SMILES string of the molecule is CCN(C)O.O=[N+]([O-])O. The third-order valence-electron chi connectivity index (χ3n) is 0.458. The van der Waals surface area contributed by atoms with Crippen LogP contribution < -0.4 is 0 Å². The quantitative estimate of drug-likeness (QED) is 0.392. The molecule has 0 aromatic heterocycles. The predicted molar refractivity (Wildman–Crippen MR) is 28.9 cm³/mol. The van der Waals surface area contributed by atoms with Gasteiger partial charge in [-0.2, -0.15) is 5.06 Å². The van der Waals surface area contributed by atoms with Crippen molar-refractivity contribution in [3.63, 3.8) is 0 Å². The van der Waals surface area contributed by atoms with Gasteiger partial charge in [0.25, 0.3) is 5.09 Å². The number of hydrogen-bond donors (Lipinski definition) is 2. The van der Waals surface area contributed by atoms with E-state index < -0.39 is 5.09 Å². The molecule has 0 aromatic carbocycles. The van der Waals surface area contributed by atoms with Crippen molar-refractivity contribution in [2.45, 2.75) is 6.92 Å². The van der Waals surface area contributed by atoms with Gasteiger partial charge < -0.3 is 10.4 Å². The summed E-state index contributed by atoms with van der Waals surface area (Å²) in [6.45, 7) is 2.57. The van der Waals surface area contributed by atoms with Gasteiger partial charge in [0, 0.05) is 13.6 Å². The van der Waals surface area contributed by atoms with Crippen LogP contribution in [0.5, 0.6) is 0 Å². The first-order chi connectivity index (χ1) is 4.00. The minimum Gasteiger partial charge on any atom is -0.328 e. The third-order valence-corrected chi connectivity index (χ3v) is 0.458. The molecule has 0 saturated heterocycles. The third kappa shape index (κ3) is 149. The maximum absolute atomic E-state index is 8.36. The molecule has 0 fully saturated rings. The summed E-state index contributed by atoms with van der Waals surface area (Å²) in [5.74, 6) is 0. The lowest BCUT2D eigenvalue weighted by Gasteiger charge is -1.98. The van der Waals surface area contributed by atoms with E-state index in [0.717, 1.165) is 5.06 Å². The number of rotatable bonds is 1. The van der Waals surface area contributed by atoms with E-state index in [1.165, 1.54) is 0 Å². The minimum absolute atomic E-state index is 0.694. The highest BCUT2D eigenvalue weighted by Crippen LogP contribution is 1.62. The summed E-state index contributed by atoms with van der Waals surface area (Å²) in [7, 11) is 1.61. The lowest BCUT2D eigenvalue weighted by molar-refractivity contribution is -0.742. The van der Waals surface area contributed by atoms with E-state index >= 15 is 0 Å². The van der Waals surface area contributed by atoms with Gasteiger partial charge in [-0.3, -0.25) is 0 Å². The Balaban J connectivity index is 0. The molecule has 0 heterocycles. The molecule has 0 saturated carbocycles. The first-order valence-electron chi connectivity index (χ1n) is 2.24. The van der Waals surface area contributed by atoms with Crippen LogP contribution in [-0.2, 0) is 0 Å². The van der Waals surface area contributed by atoms with Gasteiger partial charge in [-0.05, 0) is 0 Å². The fourth-order valence-electron chi connectivity index (χ4n) is 0. The molecular formula is C3H10N2O4. The van der Waals surface area contributed by atoms with E-state index in [-0.39, 0.29) is 0 Å². The fraction of sp³-hybridized carbons (Fsp3) is 1.00. The van der Waals surface area contributed by atoms with Crippen LogP contribution in [0.25, 0.3) is 0 Å². The van der Waals surface area contributed by atoms with Crippen molar-refractivity contribution in [2.75, 3.05) is 13.6 Å². The topological polar surface area (TPSA) is 86.8 Å². The Bertz CT molecular complexity index is 70.2. The smallest absolute Gasteiger partial charge is 0.291 e. The van der Waals surface area contributed by atoms with Gasteiger partial charge in [0.2, 0.25) is 0 Å². The molecule has 9 heavy (non-hydrogen) atoms. The number of hydroxylamine groups is 2. The largest absolute Gasteiger partial charge is 0.328 e. The van der Waals surface area contributed by atoms with Crippen LogP contribution in [0, 0.1) is 10.1 Å². The second kappa shape index (κ2) is 7.12. The van der Waals surface area contributed by atoms with Crippen LogP contribution in [0.15, 0.2) is 0 Å². The zero-order chi connectivity index (χ0) is 7.86. The Morgan fingerprint density at radius 2 is 1.89 bits per heavy atom. The summed E-state index contributed by atoms with van der Waals surface area (Å²) in [5, 5.41) is 23.0. The van der Waals surface area contributed by atoms with Crippen LogP contribution in [-0.4, -0.2) is 34.2 Å². The van der Waals surface area contributed by atoms with Crippen molar-refractivity contribution < 1.29 is 15.5 Å². The zero-order valence-corrected chi connectivity index (χ0v) is 5.31. The maximum Gasteiger partial charge on any atom is 0.291 e. The molecule has 0 atom stereocenters. The monoisotopic (exact) mass is 138 g/mol. The molecule has 0 radical (unpaired) electrons. The van der Waals surface area contributed by atoms with Crippen LogP contribution >= 0.6 is 0 Å². The lowest BCUT2D eigenvalue weighted by Crippen LogP contribution is -2.09. The zero-order valence-electron chi connectivity index (χ0n) is 5.31. The Labute approximate surface area is 52.4 Å². The summed E-state index contributed by atoms with van der Waals surface area (Å²) in [4.78, 5) is 8.36. The predicted octanol–water partition coefficient (Wildman–Crippen LogP) is -0.0204. The van der Waals surface area contributed by atoms with E-state index in [4.69, 9.17) is 20.5 Å². The molecule has 0 aliphatic heterocycles. The number of hydrogen-bond acceptors (Lipinski definition) is 4. The minimum atomic E-state index is -1.50. The average Bonchev–Trinajstić information content (AvgIpc) is 1.65.